The predicted molar refractivity (Wildman–Crippen MR) is 232 cm³/mol. The maximum absolute atomic E-state index is 6.59. The quantitative estimate of drug-likeness (QED) is 0.178. The van der Waals surface area contributed by atoms with E-state index in [0.717, 1.165) is 72.3 Å². The van der Waals surface area contributed by atoms with E-state index in [1.165, 1.54) is 33.0 Å². The molecule has 0 bridgehead atoms. The molecule has 2 aromatic heterocycles. The zero-order valence-corrected chi connectivity index (χ0v) is 31.1. The number of hydrogen-bond acceptors (Lipinski definition) is 3. The van der Waals surface area contributed by atoms with Gasteiger partial charge in [-0.25, -0.2) is 9.97 Å². The van der Waals surface area contributed by atoms with Crippen LogP contribution in [0.15, 0.2) is 186 Å². The van der Waals surface area contributed by atoms with Gasteiger partial charge in [0.15, 0.2) is 5.82 Å². The highest BCUT2D eigenvalue weighted by Gasteiger charge is 2.35. The number of aromatic nitrogens is 2. The Labute approximate surface area is 325 Å². The summed E-state index contributed by atoms with van der Waals surface area (Å²) in [6.45, 7) is 4.65. The molecule has 264 valence electrons. The van der Waals surface area contributed by atoms with E-state index >= 15 is 0 Å². The maximum Gasteiger partial charge on any atom is 0.160 e. The average molecular weight is 717 g/mol. The minimum atomic E-state index is -0.124. The van der Waals surface area contributed by atoms with Gasteiger partial charge in [-0.15, -0.1) is 0 Å². The van der Waals surface area contributed by atoms with Crippen molar-refractivity contribution in [3.63, 3.8) is 0 Å². The lowest BCUT2D eigenvalue weighted by Gasteiger charge is -2.22. The van der Waals surface area contributed by atoms with Crippen LogP contribution in [0.5, 0.6) is 0 Å². The fourth-order valence-electron chi connectivity index (χ4n) is 8.76. The van der Waals surface area contributed by atoms with Crippen molar-refractivity contribution in [2.45, 2.75) is 19.3 Å². The lowest BCUT2D eigenvalue weighted by molar-refractivity contribution is 0.660. The number of rotatable bonds is 5. The predicted octanol–water partition coefficient (Wildman–Crippen LogP) is 14.2. The van der Waals surface area contributed by atoms with Crippen LogP contribution in [-0.4, -0.2) is 9.97 Å². The summed E-state index contributed by atoms with van der Waals surface area (Å²) in [5.41, 5.74) is 16.1. The summed E-state index contributed by atoms with van der Waals surface area (Å²) in [5.74, 6) is 0.693. The molecule has 0 unspecified atom stereocenters. The molecule has 0 amide bonds. The highest BCUT2D eigenvalue weighted by atomic mass is 16.3. The number of fused-ring (bicyclic) bond motifs is 7. The summed E-state index contributed by atoms with van der Waals surface area (Å²) in [5, 5.41) is 4.64. The third-order valence-electron chi connectivity index (χ3n) is 11.7. The molecule has 1 aliphatic carbocycles. The first-order valence-electron chi connectivity index (χ1n) is 19.2. The first kappa shape index (κ1) is 32.3. The molecule has 3 nitrogen and oxygen atoms in total. The van der Waals surface area contributed by atoms with Gasteiger partial charge in [-0.2, -0.15) is 0 Å². The summed E-state index contributed by atoms with van der Waals surface area (Å²) in [6, 6.07) is 64.9. The van der Waals surface area contributed by atoms with Gasteiger partial charge < -0.3 is 4.42 Å². The van der Waals surface area contributed by atoms with Gasteiger partial charge in [0, 0.05) is 38.4 Å². The summed E-state index contributed by atoms with van der Waals surface area (Å²) in [7, 11) is 0. The van der Waals surface area contributed by atoms with Crippen LogP contribution in [0.1, 0.15) is 25.0 Å². The van der Waals surface area contributed by atoms with Crippen molar-refractivity contribution in [1.82, 2.24) is 9.97 Å². The molecule has 8 aromatic carbocycles. The van der Waals surface area contributed by atoms with E-state index in [4.69, 9.17) is 14.4 Å². The van der Waals surface area contributed by atoms with Gasteiger partial charge in [0.1, 0.15) is 11.2 Å². The third-order valence-corrected chi connectivity index (χ3v) is 11.7. The second-order valence-electron chi connectivity index (χ2n) is 15.4. The van der Waals surface area contributed by atoms with Crippen LogP contribution < -0.4 is 0 Å². The molecule has 10 aromatic rings. The van der Waals surface area contributed by atoms with Gasteiger partial charge >= 0.3 is 0 Å². The van der Waals surface area contributed by atoms with Crippen molar-refractivity contribution in [3.8, 4) is 67.3 Å². The van der Waals surface area contributed by atoms with Gasteiger partial charge in [0.05, 0.1) is 11.4 Å². The van der Waals surface area contributed by atoms with Gasteiger partial charge in [0.2, 0.25) is 0 Å². The zero-order valence-electron chi connectivity index (χ0n) is 31.1. The highest BCUT2D eigenvalue weighted by Crippen LogP contribution is 2.49. The van der Waals surface area contributed by atoms with E-state index < -0.39 is 0 Å². The minimum Gasteiger partial charge on any atom is -0.455 e. The minimum absolute atomic E-state index is 0.124. The Morgan fingerprint density at radius 3 is 1.95 bits per heavy atom. The van der Waals surface area contributed by atoms with Gasteiger partial charge in [0.25, 0.3) is 0 Å². The van der Waals surface area contributed by atoms with E-state index in [2.05, 4.69) is 166 Å². The average Bonchev–Trinajstić information content (AvgIpc) is 3.75. The van der Waals surface area contributed by atoms with E-state index in [1.807, 2.05) is 30.3 Å². The molecule has 2 heterocycles. The molecular formula is C53H36N2O. The van der Waals surface area contributed by atoms with Crippen molar-refractivity contribution in [1.29, 1.82) is 0 Å². The van der Waals surface area contributed by atoms with Crippen LogP contribution in [0.4, 0.5) is 0 Å². The van der Waals surface area contributed by atoms with Crippen molar-refractivity contribution in [2.75, 3.05) is 0 Å². The lowest BCUT2D eigenvalue weighted by atomic mass is 9.82. The summed E-state index contributed by atoms with van der Waals surface area (Å²) in [6.07, 6.45) is 0. The van der Waals surface area contributed by atoms with Crippen LogP contribution in [0.25, 0.3) is 100.0 Å². The summed E-state index contributed by atoms with van der Waals surface area (Å²) < 4.78 is 6.59. The Bertz CT molecular complexity index is 3170. The third kappa shape index (κ3) is 5.20. The van der Waals surface area contributed by atoms with E-state index in [9.17, 15) is 0 Å². The Morgan fingerprint density at radius 2 is 1.05 bits per heavy atom. The first-order valence-corrected chi connectivity index (χ1v) is 19.2. The molecule has 0 aliphatic heterocycles. The topological polar surface area (TPSA) is 38.9 Å². The number of hydrogen-bond donors (Lipinski definition) is 0. The number of furan rings is 1. The smallest absolute Gasteiger partial charge is 0.160 e. The van der Waals surface area contributed by atoms with Crippen LogP contribution in [-0.2, 0) is 5.41 Å². The van der Waals surface area contributed by atoms with E-state index in [0.29, 0.717) is 5.82 Å². The second kappa shape index (κ2) is 12.5. The van der Waals surface area contributed by atoms with E-state index in [1.54, 1.807) is 0 Å². The molecule has 0 saturated carbocycles. The molecule has 1 aliphatic rings. The molecule has 0 N–H and O–H groups in total. The largest absolute Gasteiger partial charge is 0.455 e. The lowest BCUT2D eigenvalue weighted by Crippen LogP contribution is -2.14. The zero-order chi connectivity index (χ0) is 37.4. The Morgan fingerprint density at radius 1 is 0.393 bits per heavy atom. The number of nitrogens with zero attached hydrogens (tertiary/aromatic N) is 2. The van der Waals surface area contributed by atoms with Crippen LogP contribution in [0.2, 0.25) is 0 Å². The molecule has 0 spiro atoms. The van der Waals surface area contributed by atoms with Gasteiger partial charge in [-0.1, -0.05) is 153 Å². The molecule has 3 heteroatoms. The standard InChI is InChI=1S/C53H36N2O/c1-53(2)46-21-10-8-17-42(46)43-26-25-37(31-47(43)53)48-32-49(55-52(54-48)34-14-4-3-5-15-34)40-29-38(36-24-23-33-13-6-7-16-35(33)27-36)28-39(30-40)41-19-12-20-45-44-18-9-11-22-50(44)56-51(41)45/h3-32H,1-2H3. The molecule has 56 heavy (non-hydrogen) atoms. The molecule has 0 saturated heterocycles. The van der Waals surface area contributed by atoms with Crippen LogP contribution in [0.3, 0.4) is 0 Å². The van der Waals surface area contributed by atoms with Gasteiger partial charge in [-0.05, 0) is 92.2 Å². The Balaban J connectivity index is 1.14. The monoisotopic (exact) mass is 716 g/mol. The Kier molecular flexibility index (Phi) is 7.20. The van der Waals surface area contributed by atoms with Crippen molar-refractivity contribution >= 4 is 32.7 Å². The van der Waals surface area contributed by atoms with Crippen molar-refractivity contribution < 1.29 is 4.42 Å². The normalized spacial score (nSPS) is 13.0. The molecular weight excluding hydrogens is 681 g/mol. The first-order chi connectivity index (χ1) is 27.5. The number of para-hydroxylation sites is 2. The molecule has 11 rings (SSSR count). The van der Waals surface area contributed by atoms with Crippen molar-refractivity contribution in [2.24, 2.45) is 0 Å². The fraction of sp³-hybridized carbons (Fsp3) is 0.0566. The second-order valence-corrected chi connectivity index (χ2v) is 15.4. The van der Waals surface area contributed by atoms with Crippen LogP contribution in [0, 0.1) is 0 Å². The highest BCUT2D eigenvalue weighted by molar-refractivity contribution is 6.10. The molecule has 0 fully saturated rings. The number of benzene rings is 8. The fourth-order valence-corrected chi connectivity index (χ4v) is 8.76. The maximum atomic E-state index is 6.59. The Hall–Kier alpha value is -7.10. The molecule has 0 atom stereocenters. The van der Waals surface area contributed by atoms with E-state index in [-0.39, 0.29) is 5.41 Å². The summed E-state index contributed by atoms with van der Waals surface area (Å²) >= 11 is 0. The molecule has 0 radical (unpaired) electrons. The summed E-state index contributed by atoms with van der Waals surface area (Å²) in [4.78, 5) is 10.6. The van der Waals surface area contributed by atoms with Gasteiger partial charge in [-0.3, -0.25) is 0 Å². The SMILES string of the molecule is CC1(C)c2ccccc2-c2ccc(-c3cc(-c4cc(-c5ccc6ccccc6c5)cc(-c5cccc6c5oc5ccccc56)c4)nc(-c4ccccc4)n3)cc21. The van der Waals surface area contributed by atoms with Crippen LogP contribution >= 0.6 is 0 Å². The van der Waals surface area contributed by atoms with Crippen molar-refractivity contribution in [3.05, 3.63) is 193 Å².